The van der Waals surface area contributed by atoms with Crippen molar-refractivity contribution in [2.24, 2.45) is 0 Å². The van der Waals surface area contributed by atoms with Crippen molar-refractivity contribution in [1.82, 2.24) is 14.8 Å². The van der Waals surface area contributed by atoms with Gasteiger partial charge in [-0.25, -0.2) is 0 Å². The van der Waals surface area contributed by atoms with Crippen molar-refractivity contribution in [3.63, 3.8) is 0 Å². The maximum atomic E-state index is 12.2. The Morgan fingerprint density at radius 2 is 1.79 bits per heavy atom. The van der Waals surface area contributed by atoms with Crippen LogP contribution in [0.5, 0.6) is 0 Å². The van der Waals surface area contributed by atoms with Crippen molar-refractivity contribution in [1.29, 1.82) is 0 Å². The van der Waals surface area contributed by atoms with Gasteiger partial charge >= 0.3 is 0 Å². The van der Waals surface area contributed by atoms with E-state index in [1.807, 2.05) is 61.5 Å². The Balaban J connectivity index is 1.43. The third-order valence-electron chi connectivity index (χ3n) is 5.02. The second-order valence-electron chi connectivity index (χ2n) is 7.21. The summed E-state index contributed by atoms with van der Waals surface area (Å²) in [6, 6.07) is 15.8. The predicted octanol–water partition coefficient (Wildman–Crippen LogP) is 4.63. The van der Waals surface area contributed by atoms with Gasteiger partial charge in [0.05, 0.1) is 0 Å². The number of nitrogens with zero attached hydrogens (tertiary/aromatic N) is 3. The van der Waals surface area contributed by atoms with Crippen LogP contribution in [0.15, 0.2) is 54.6 Å². The average molecular weight is 372 g/mol. The minimum absolute atomic E-state index is 0.148. The van der Waals surface area contributed by atoms with Crippen LogP contribution in [0.25, 0.3) is 17.5 Å². The number of fused-ring (bicyclic) bond motifs is 1. The summed E-state index contributed by atoms with van der Waals surface area (Å²) in [6.07, 6.45) is 7.95. The number of aryl methyl sites for hydroxylation is 2. The number of hydrogen-bond acceptors (Lipinski definition) is 3. The van der Waals surface area contributed by atoms with Crippen molar-refractivity contribution in [2.45, 2.75) is 39.2 Å². The second-order valence-corrected chi connectivity index (χ2v) is 7.21. The summed E-state index contributed by atoms with van der Waals surface area (Å²) in [5.74, 6) is 1.84. The van der Waals surface area contributed by atoms with E-state index in [1.165, 1.54) is 24.8 Å². The predicted molar refractivity (Wildman–Crippen MR) is 112 cm³/mol. The number of rotatable bonds is 4. The first-order valence-corrected chi connectivity index (χ1v) is 9.77. The summed E-state index contributed by atoms with van der Waals surface area (Å²) in [7, 11) is 0. The molecule has 0 saturated carbocycles. The highest BCUT2D eigenvalue weighted by molar-refractivity contribution is 6.02. The van der Waals surface area contributed by atoms with Gasteiger partial charge in [0.25, 0.3) is 0 Å². The lowest BCUT2D eigenvalue weighted by Gasteiger charge is -2.08. The van der Waals surface area contributed by atoms with Gasteiger partial charge in [-0.1, -0.05) is 36.2 Å². The van der Waals surface area contributed by atoms with Crippen LogP contribution in [0.1, 0.15) is 36.2 Å². The van der Waals surface area contributed by atoms with E-state index < -0.39 is 0 Å². The Morgan fingerprint density at radius 3 is 2.57 bits per heavy atom. The molecule has 0 aliphatic carbocycles. The number of hydrogen-bond donors (Lipinski definition) is 1. The SMILES string of the molecule is Cc1ccc(/C=C/C(=O)Nc2ccc(-c3nnc4n3CCCCC4)cc2)cc1. The van der Waals surface area contributed by atoms with E-state index in [9.17, 15) is 4.79 Å². The summed E-state index contributed by atoms with van der Waals surface area (Å²) in [4.78, 5) is 12.2. The third-order valence-corrected chi connectivity index (χ3v) is 5.02. The molecule has 142 valence electrons. The van der Waals surface area contributed by atoms with E-state index in [-0.39, 0.29) is 5.91 Å². The molecule has 5 nitrogen and oxygen atoms in total. The first-order chi connectivity index (χ1) is 13.7. The molecule has 2 heterocycles. The fourth-order valence-corrected chi connectivity index (χ4v) is 3.43. The lowest BCUT2D eigenvalue weighted by Crippen LogP contribution is -2.07. The molecule has 1 aliphatic rings. The van der Waals surface area contributed by atoms with Crippen LogP contribution in [-0.4, -0.2) is 20.7 Å². The molecule has 1 N–H and O–H groups in total. The lowest BCUT2D eigenvalue weighted by atomic mass is 10.1. The Labute approximate surface area is 165 Å². The summed E-state index contributed by atoms with van der Waals surface area (Å²) in [6.45, 7) is 3.01. The zero-order valence-electron chi connectivity index (χ0n) is 16.1. The molecule has 3 aromatic rings. The Morgan fingerprint density at radius 1 is 1.00 bits per heavy atom. The van der Waals surface area contributed by atoms with Gasteiger partial charge in [0.1, 0.15) is 5.82 Å². The molecule has 0 fully saturated rings. The zero-order chi connectivity index (χ0) is 19.3. The molecular weight excluding hydrogens is 348 g/mol. The van der Waals surface area contributed by atoms with Crippen LogP contribution in [0, 0.1) is 6.92 Å². The topological polar surface area (TPSA) is 59.8 Å². The van der Waals surface area contributed by atoms with Crippen LogP contribution >= 0.6 is 0 Å². The maximum absolute atomic E-state index is 12.2. The Bertz CT molecular complexity index is 984. The van der Waals surface area contributed by atoms with Crippen LogP contribution in [0.2, 0.25) is 0 Å². The van der Waals surface area contributed by atoms with E-state index in [0.717, 1.165) is 41.4 Å². The fraction of sp³-hybridized carbons (Fsp3) is 0.261. The van der Waals surface area contributed by atoms with E-state index in [1.54, 1.807) is 6.08 Å². The number of carbonyl (C=O) groups excluding carboxylic acids is 1. The van der Waals surface area contributed by atoms with Crippen LogP contribution in [-0.2, 0) is 17.8 Å². The van der Waals surface area contributed by atoms with E-state index in [0.29, 0.717) is 0 Å². The molecule has 0 unspecified atom stereocenters. The maximum Gasteiger partial charge on any atom is 0.248 e. The largest absolute Gasteiger partial charge is 0.323 e. The molecule has 0 atom stereocenters. The summed E-state index contributed by atoms with van der Waals surface area (Å²) >= 11 is 0. The first-order valence-electron chi connectivity index (χ1n) is 9.77. The molecule has 28 heavy (non-hydrogen) atoms. The van der Waals surface area contributed by atoms with Crippen molar-refractivity contribution in [3.05, 3.63) is 71.6 Å². The van der Waals surface area contributed by atoms with Crippen molar-refractivity contribution >= 4 is 17.7 Å². The zero-order valence-corrected chi connectivity index (χ0v) is 16.1. The molecular formula is C23H24N4O. The van der Waals surface area contributed by atoms with Gasteiger partial charge in [0.15, 0.2) is 5.82 Å². The molecule has 5 heteroatoms. The van der Waals surface area contributed by atoms with E-state index in [2.05, 4.69) is 20.1 Å². The average Bonchev–Trinajstić information content (AvgIpc) is 2.96. The number of anilines is 1. The number of aromatic nitrogens is 3. The van der Waals surface area contributed by atoms with Crippen LogP contribution in [0.4, 0.5) is 5.69 Å². The highest BCUT2D eigenvalue weighted by Crippen LogP contribution is 2.24. The minimum atomic E-state index is -0.148. The minimum Gasteiger partial charge on any atom is -0.323 e. The highest BCUT2D eigenvalue weighted by atomic mass is 16.1. The number of carbonyl (C=O) groups is 1. The molecule has 1 amide bonds. The van der Waals surface area contributed by atoms with Crippen molar-refractivity contribution < 1.29 is 4.79 Å². The molecule has 2 aromatic carbocycles. The lowest BCUT2D eigenvalue weighted by molar-refractivity contribution is -0.111. The van der Waals surface area contributed by atoms with Gasteiger partial charge in [-0.3, -0.25) is 4.79 Å². The molecule has 4 rings (SSSR count). The standard InChI is InChI=1S/C23H24N4O/c1-17-6-8-18(9-7-17)10-15-22(28)24-20-13-11-19(12-14-20)23-26-25-21-5-3-2-4-16-27(21)23/h6-15H,2-5,16H2,1H3,(H,24,28)/b15-10+. The quantitative estimate of drug-likeness (QED) is 0.679. The van der Waals surface area contributed by atoms with Crippen LogP contribution in [0.3, 0.4) is 0 Å². The summed E-state index contributed by atoms with van der Waals surface area (Å²) in [5.41, 5.74) is 3.99. The molecule has 0 bridgehead atoms. The number of nitrogens with one attached hydrogen (secondary N) is 1. The normalized spacial score (nSPS) is 13.9. The van der Waals surface area contributed by atoms with Gasteiger partial charge in [-0.05, 0) is 55.7 Å². The number of benzene rings is 2. The van der Waals surface area contributed by atoms with Gasteiger partial charge in [0.2, 0.25) is 5.91 Å². The molecule has 1 aliphatic heterocycles. The summed E-state index contributed by atoms with van der Waals surface area (Å²) < 4.78 is 2.23. The van der Waals surface area contributed by atoms with Crippen LogP contribution < -0.4 is 5.32 Å². The molecule has 1 aromatic heterocycles. The first kappa shape index (κ1) is 18.2. The van der Waals surface area contributed by atoms with Crippen molar-refractivity contribution in [2.75, 3.05) is 5.32 Å². The van der Waals surface area contributed by atoms with Gasteiger partial charge in [-0.2, -0.15) is 0 Å². The summed E-state index contributed by atoms with van der Waals surface area (Å²) in [5, 5.41) is 11.6. The third kappa shape index (κ3) is 4.19. The molecule has 0 saturated heterocycles. The highest BCUT2D eigenvalue weighted by Gasteiger charge is 2.15. The van der Waals surface area contributed by atoms with E-state index in [4.69, 9.17) is 0 Å². The monoisotopic (exact) mass is 372 g/mol. The Kier molecular flexibility index (Phi) is 5.33. The molecule has 0 radical (unpaired) electrons. The van der Waals surface area contributed by atoms with Gasteiger partial charge in [-0.15, -0.1) is 10.2 Å². The molecule has 0 spiro atoms. The number of amides is 1. The van der Waals surface area contributed by atoms with Gasteiger partial charge < -0.3 is 9.88 Å². The van der Waals surface area contributed by atoms with E-state index >= 15 is 0 Å². The second kappa shape index (κ2) is 8.21. The van der Waals surface area contributed by atoms with Gasteiger partial charge in [0, 0.05) is 30.3 Å². The Hall–Kier alpha value is -3.21. The van der Waals surface area contributed by atoms with Crippen molar-refractivity contribution in [3.8, 4) is 11.4 Å². The smallest absolute Gasteiger partial charge is 0.248 e. The fourth-order valence-electron chi connectivity index (χ4n) is 3.43.